The molecule has 3 aliphatic carbocycles. The first-order chi connectivity index (χ1) is 7.25. The fourth-order valence-electron chi connectivity index (χ4n) is 5.23. The van der Waals surface area contributed by atoms with E-state index in [0.29, 0.717) is 11.3 Å². The molecular weight excluding hydrogens is 196 g/mol. The maximum absolute atomic E-state index is 10.8. The van der Waals surface area contributed by atoms with Crippen LogP contribution in [-0.4, -0.2) is 10.7 Å². The van der Waals surface area contributed by atoms with Crippen molar-refractivity contribution in [2.24, 2.45) is 22.2 Å². The minimum absolute atomic E-state index is 0.0521. The third kappa shape index (κ3) is 0.851. The molecule has 16 heavy (non-hydrogen) atoms. The molecule has 4 atom stereocenters. The Morgan fingerprint density at radius 1 is 1.12 bits per heavy atom. The first kappa shape index (κ1) is 10.6. The predicted octanol–water partition coefficient (Wildman–Crippen LogP) is 3.31. The van der Waals surface area contributed by atoms with Gasteiger partial charge in [0, 0.05) is 5.41 Å². The lowest BCUT2D eigenvalue weighted by molar-refractivity contribution is -0.0572. The third-order valence-electron chi connectivity index (χ3n) is 5.58. The minimum atomic E-state index is -0.673. The van der Waals surface area contributed by atoms with Crippen LogP contribution in [0.1, 0.15) is 40.5 Å². The Labute approximate surface area is 98.2 Å². The molecule has 0 amide bonds. The second-order valence-corrected chi connectivity index (χ2v) is 7.19. The van der Waals surface area contributed by atoms with Gasteiger partial charge in [0.15, 0.2) is 0 Å². The number of hydrogen-bond acceptors (Lipinski definition) is 1. The fraction of sp³-hybridized carbons (Fsp3) is 0.733. The Morgan fingerprint density at radius 3 is 2.50 bits per heavy atom. The highest BCUT2D eigenvalue weighted by Gasteiger charge is 2.71. The summed E-state index contributed by atoms with van der Waals surface area (Å²) in [6, 6.07) is 0. The molecule has 1 nitrogen and oxygen atoms in total. The van der Waals surface area contributed by atoms with Crippen molar-refractivity contribution in [1.29, 1.82) is 0 Å². The predicted molar refractivity (Wildman–Crippen MR) is 65.9 cm³/mol. The van der Waals surface area contributed by atoms with E-state index in [0.717, 1.165) is 6.42 Å². The molecule has 0 aromatic rings. The van der Waals surface area contributed by atoms with Crippen LogP contribution in [0, 0.1) is 22.2 Å². The zero-order chi connectivity index (χ0) is 11.8. The molecule has 1 saturated carbocycles. The van der Waals surface area contributed by atoms with Gasteiger partial charge < -0.3 is 5.11 Å². The van der Waals surface area contributed by atoms with Crippen LogP contribution in [0.25, 0.3) is 0 Å². The van der Waals surface area contributed by atoms with Crippen molar-refractivity contribution in [2.75, 3.05) is 0 Å². The van der Waals surface area contributed by atoms with E-state index < -0.39 is 5.60 Å². The highest BCUT2D eigenvalue weighted by Crippen LogP contribution is 2.74. The first-order valence-electron chi connectivity index (χ1n) is 6.35. The van der Waals surface area contributed by atoms with Crippen LogP contribution in [-0.2, 0) is 0 Å². The van der Waals surface area contributed by atoms with E-state index in [1.54, 1.807) is 0 Å². The molecule has 0 bridgehead atoms. The molecule has 1 N–H and O–H groups in total. The van der Waals surface area contributed by atoms with Crippen LogP contribution in [0.15, 0.2) is 24.3 Å². The molecule has 0 radical (unpaired) electrons. The van der Waals surface area contributed by atoms with Crippen LogP contribution < -0.4 is 0 Å². The summed E-state index contributed by atoms with van der Waals surface area (Å²) >= 11 is 0. The van der Waals surface area contributed by atoms with Gasteiger partial charge in [-0.2, -0.15) is 0 Å². The summed E-state index contributed by atoms with van der Waals surface area (Å²) in [5.41, 5.74) is -0.193. The van der Waals surface area contributed by atoms with E-state index in [1.165, 1.54) is 6.42 Å². The molecule has 0 aliphatic heterocycles. The minimum Gasteiger partial charge on any atom is -0.385 e. The molecule has 0 heterocycles. The lowest BCUT2D eigenvalue weighted by Gasteiger charge is -2.46. The summed E-state index contributed by atoms with van der Waals surface area (Å²) in [5.74, 6) is 0.485. The molecular formula is C15H22O. The van der Waals surface area contributed by atoms with Crippen LogP contribution in [0.2, 0.25) is 0 Å². The summed E-state index contributed by atoms with van der Waals surface area (Å²) in [7, 11) is 0. The Kier molecular flexibility index (Phi) is 1.64. The lowest BCUT2D eigenvalue weighted by Crippen LogP contribution is -2.49. The lowest BCUT2D eigenvalue weighted by atomic mass is 9.59. The van der Waals surface area contributed by atoms with E-state index >= 15 is 0 Å². The molecule has 1 heteroatoms. The van der Waals surface area contributed by atoms with Crippen LogP contribution in [0.4, 0.5) is 0 Å². The van der Waals surface area contributed by atoms with Gasteiger partial charge in [-0.05, 0) is 36.5 Å². The number of rotatable bonds is 0. The molecule has 0 unspecified atom stereocenters. The Bertz CT molecular complexity index is 402. The SMILES string of the molecule is CC1(C)C[C@@]2(C)CC=C[C@]23[C@@H]1C=C[C@@]3(C)O. The van der Waals surface area contributed by atoms with E-state index in [1.807, 2.05) is 13.0 Å². The molecule has 0 aromatic heterocycles. The Balaban J connectivity index is 2.24. The van der Waals surface area contributed by atoms with Crippen molar-refractivity contribution in [3.63, 3.8) is 0 Å². The molecule has 3 rings (SSSR count). The van der Waals surface area contributed by atoms with Crippen LogP contribution in [0.5, 0.6) is 0 Å². The first-order valence-corrected chi connectivity index (χ1v) is 6.35. The fourth-order valence-corrected chi connectivity index (χ4v) is 5.23. The largest absolute Gasteiger partial charge is 0.385 e. The van der Waals surface area contributed by atoms with Gasteiger partial charge in [0.25, 0.3) is 0 Å². The van der Waals surface area contributed by atoms with Crippen molar-refractivity contribution in [1.82, 2.24) is 0 Å². The summed E-state index contributed by atoms with van der Waals surface area (Å²) < 4.78 is 0. The molecule has 0 aromatic carbocycles. The summed E-state index contributed by atoms with van der Waals surface area (Å²) in [6.07, 6.45) is 11.2. The molecule has 1 fully saturated rings. The average Bonchev–Trinajstić information content (AvgIpc) is 2.59. The summed E-state index contributed by atoms with van der Waals surface area (Å²) in [5, 5.41) is 10.8. The maximum Gasteiger partial charge on any atom is 0.0901 e. The highest BCUT2D eigenvalue weighted by atomic mass is 16.3. The van der Waals surface area contributed by atoms with E-state index in [4.69, 9.17) is 0 Å². The van der Waals surface area contributed by atoms with Gasteiger partial charge in [-0.25, -0.2) is 0 Å². The second kappa shape index (κ2) is 2.48. The second-order valence-electron chi connectivity index (χ2n) is 7.19. The standard InChI is InChI=1S/C15H22O/c1-12(2)10-13(3)7-5-8-15(13)11(12)6-9-14(15,4)16/h5-6,8-9,11,16H,7,10H2,1-4H3/t11-,13-,14-,15+/m1/s1. The molecule has 1 spiro atoms. The van der Waals surface area contributed by atoms with Gasteiger partial charge in [0.05, 0.1) is 5.60 Å². The molecule has 88 valence electrons. The van der Waals surface area contributed by atoms with E-state index in [9.17, 15) is 5.11 Å². The number of hydrogen-bond donors (Lipinski definition) is 1. The van der Waals surface area contributed by atoms with Crippen molar-refractivity contribution in [2.45, 2.75) is 46.1 Å². The van der Waals surface area contributed by atoms with Crippen molar-refractivity contribution in [3.05, 3.63) is 24.3 Å². The van der Waals surface area contributed by atoms with Crippen LogP contribution >= 0.6 is 0 Å². The van der Waals surface area contributed by atoms with Gasteiger partial charge in [0.1, 0.15) is 0 Å². The molecule has 3 aliphatic rings. The normalized spacial score (nSPS) is 56.7. The Morgan fingerprint density at radius 2 is 1.81 bits per heavy atom. The van der Waals surface area contributed by atoms with Gasteiger partial charge in [0.2, 0.25) is 0 Å². The smallest absolute Gasteiger partial charge is 0.0901 e. The van der Waals surface area contributed by atoms with Crippen molar-refractivity contribution < 1.29 is 5.11 Å². The van der Waals surface area contributed by atoms with Gasteiger partial charge in [-0.1, -0.05) is 45.1 Å². The molecule has 0 saturated heterocycles. The highest BCUT2D eigenvalue weighted by molar-refractivity contribution is 5.40. The zero-order valence-corrected chi connectivity index (χ0v) is 10.7. The quantitative estimate of drug-likeness (QED) is 0.618. The average molecular weight is 218 g/mol. The topological polar surface area (TPSA) is 20.2 Å². The van der Waals surface area contributed by atoms with E-state index in [-0.39, 0.29) is 10.8 Å². The number of aliphatic hydroxyl groups is 1. The van der Waals surface area contributed by atoms with Gasteiger partial charge in [-0.3, -0.25) is 0 Å². The number of allylic oxidation sites excluding steroid dienone is 2. The summed E-state index contributed by atoms with van der Waals surface area (Å²) in [6.45, 7) is 9.04. The van der Waals surface area contributed by atoms with E-state index in [2.05, 4.69) is 39.0 Å². The third-order valence-corrected chi connectivity index (χ3v) is 5.58. The monoisotopic (exact) mass is 218 g/mol. The Hall–Kier alpha value is -0.560. The summed E-state index contributed by atoms with van der Waals surface area (Å²) in [4.78, 5) is 0. The maximum atomic E-state index is 10.8. The van der Waals surface area contributed by atoms with Gasteiger partial charge in [-0.15, -0.1) is 0 Å². The van der Waals surface area contributed by atoms with Crippen molar-refractivity contribution >= 4 is 0 Å². The van der Waals surface area contributed by atoms with Crippen molar-refractivity contribution in [3.8, 4) is 0 Å². The van der Waals surface area contributed by atoms with Crippen LogP contribution in [0.3, 0.4) is 0 Å². The van der Waals surface area contributed by atoms with Gasteiger partial charge >= 0.3 is 0 Å². The zero-order valence-electron chi connectivity index (χ0n) is 10.7.